The summed E-state index contributed by atoms with van der Waals surface area (Å²) in [4.78, 5) is 2.49. The van der Waals surface area contributed by atoms with E-state index >= 15 is 0 Å². The van der Waals surface area contributed by atoms with E-state index in [9.17, 15) is 0 Å². The second kappa shape index (κ2) is 4.43. The van der Waals surface area contributed by atoms with Crippen molar-refractivity contribution in [3.8, 4) is 0 Å². The summed E-state index contributed by atoms with van der Waals surface area (Å²) in [5.74, 6) is 0.926. The highest BCUT2D eigenvalue weighted by atomic mass is 15.1. The highest BCUT2D eigenvalue weighted by molar-refractivity contribution is 4.84. The van der Waals surface area contributed by atoms with Crippen molar-refractivity contribution in [1.29, 1.82) is 0 Å². The molecule has 0 aromatic rings. The molecule has 13 heavy (non-hydrogen) atoms. The SMILES string of the molecule is CN1CCNC2CCCCCC2C1. The summed E-state index contributed by atoms with van der Waals surface area (Å²) in [5, 5.41) is 3.71. The van der Waals surface area contributed by atoms with Crippen LogP contribution in [0, 0.1) is 5.92 Å². The average Bonchev–Trinajstić information content (AvgIpc) is 2.38. The molecule has 1 heterocycles. The van der Waals surface area contributed by atoms with Crippen molar-refractivity contribution in [1.82, 2.24) is 10.2 Å². The van der Waals surface area contributed by atoms with Crippen LogP contribution in [0.5, 0.6) is 0 Å². The van der Waals surface area contributed by atoms with Crippen LogP contribution in [0.3, 0.4) is 0 Å². The van der Waals surface area contributed by atoms with Crippen LogP contribution in [0.2, 0.25) is 0 Å². The third kappa shape index (κ3) is 2.44. The number of hydrogen-bond donors (Lipinski definition) is 1. The second-order valence-corrected chi connectivity index (χ2v) is 4.72. The van der Waals surface area contributed by atoms with Gasteiger partial charge in [-0.25, -0.2) is 0 Å². The Morgan fingerprint density at radius 3 is 2.92 bits per heavy atom. The topological polar surface area (TPSA) is 15.3 Å². The Labute approximate surface area is 81.7 Å². The van der Waals surface area contributed by atoms with E-state index in [1.165, 1.54) is 51.7 Å². The average molecular weight is 182 g/mol. The summed E-state index contributed by atoms with van der Waals surface area (Å²) in [5.41, 5.74) is 0. The van der Waals surface area contributed by atoms with Gasteiger partial charge in [0.15, 0.2) is 0 Å². The Kier molecular flexibility index (Phi) is 3.23. The molecule has 2 nitrogen and oxygen atoms in total. The van der Waals surface area contributed by atoms with Crippen LogP contribution in [0.25, 0.3) is 0 Å². The molecule has 1 aliphatic heterocycles. The lowest BCUT2D eigenvalue weighted by molar-refractivity contribution is 0.274. The fourth-order valence-electron chi connectivity index (χ4n) is 2.80. The molecule has 1 saturated heterocycles. The molecule has 0 spiro atoms. The van der Waals surface area contributed by atoms with Crippen LogP contribution < -0.4 is 5.32 Å². The zero-order valence-electron chi connectivity index (χ0n) is 8.76. The molecule has 0 radical (unpaired) electrons. The predicted octanol–water partition coefficient (Wildman–Crippen LogP) is 1.47. The van der Waals surface area contributed by atoms with Crippen molar-refractivity contribution in [2.75, 3.05) is 26.7 Å². The van der Waals surface area contributed by atoms with Gasteiger partial charge in [0.05, 0.1) is 0 Å². The third-order valence-electron chi connectivity index (χ3n) is 3.61. The predicted molar refractivity (Wildman–Crippen MR) is 55.9 cm³/mol. The second-order valence-electron chi connectivity index (χ2n) is 4.72. The first-order chi connectivity index (χ1) is 6.36. The molecule has 2 aliphatic rings. The summed E-state index contributed by atoms with van der Waals surface area (Å²) in [6.07, 6.45) is 7.22. The quantitative estimate of drug-likeness (QED) is 0.610. The van der Waals surface area contributed by atoms with Gasteiger partial charge in [-0.2, -0.15) is 0 Å². The van der Waals surface area contributed by atoms with Crippen molar-refractivity contribution in [3.05, 3.63) is 0 Å². The van der Waals surface area contributed by atoms with Gasteiger partial charge in [-0.3, -0.25) is 0 Å². The van der Waals surface area contributed by atoms with E-state index in [2.05, 4.69) is 17.3 Å². The molecular weight excluding hydrogens is 160 g/mol. The lowest BCUT2D eigenvalue weighted by Gasteiger charge is -2.24. The Hall–Kier alpha value is -0.0800. The first-order valence-corrected chi connectivity index (χ1v) is 5.78. The van der Waals surface area contributed by atoms with E-state index < -0.39 is 0 Å². The maximum atomic E-state index is 3.71. The number of nitrogens with zero attached hydrogens (tertiary/aromatic N) is 1. The van der Waals surface area contributed by atoms with Crippen molar-refractivity contribution in [3.63, 3.8) is 0 Å². The minimum Gasteiger partial charge on any atom is -0.312 e. The molecule has 0 bridgehead atoms. The van der Waals surface area contributed by atoms with Gasteiger partial charge in [0, 0.05) is 25.7 Å². The zero-order chi connectivity index (χ0) is 9.10. The van der Waals surface area contributed by atoms with Crippen molar-refractivity contribution in [2.45, 2.75) is 38.1 Å². The van der Waals surface area contributed by atoms with Crippen LogP contribution in [0.4, 0.5) is 0 Å². The first-order valence-electron chi connectivity index (χ1n) is 5.78. The molecule has 0 amide bonds. The maximum Gasteiger partial charge on any atom is 0.0108 e. The molecule has 1 N–H and O–H groups in total. The summed E-state index contributed by atoms with van der Waals surface area (Å²) in [6.45, 7) is 3.74. The van der Waals surface area contributed by atoms with Gasteiger partial charge in [0.2, 0.25) is 0 Å². The monoisotopic (exact) mass is 182 g/mol. The van der Waals surface area contributed by atoms with E-state index in [1.54, 1.807) is 0 Å². The number of nitrogens with one attached hydrogen (secondary N) is 1. The first kappa shape index (κ1) is 9.47. The summed E-state index contributed by atoms with van der Waals surface area (Å²) in [6, 6.07) is 0.826. The van der Waals surface area contributed by atoms with E-state index in [1.807, 2.05) is 0 Å². The van der Waals surface area contributed by atoms with Crippen LogP contribution in [-0.2, 0) is 0 Å². The molecule has 1 saturated carbocycles. The van der Waals surface area contributed by atoms with Crippen LogP contribution in [0.15, 0.2) is 0 Å². The van der Waals surface area contributed by atoms with Gasteiger partial charge in [-0.1, -0.05) is 19.3 Å². The Morgan fingerprint density at radius 1 is 1.15 bits per heavy atom. The summed E-state index contributed by atoms with van der Waals surface area (Å²) < 4.78 is 0. The molecular formula is C11H22N2. The van der Waals surface area contributed by atoms with Gasteiger partial charge >= 0.3 is 0 Å². The van der Waals surface area contributed by atoms with Crippen molar-refractivity contribution >= 4 is 0 Å². The normalized spacial score (nSPS) is 37.6. The highest BCUT2D eigenvalue weighted by Crippen LogP contribution is 2.25. The number of fused-ring (bicyclic) bond motifs is 1. The lowest BCUT2D eigenvalue weighted by Crippen LogP contribution is -2.35. The standard InChI is InChI=1S/C11H22N2/c1-13-8-7-12-11-6-4-2-3-5-10(11)9-13/h10-12H,2-9H2,1H3. The molecule has 1 aliphatic carbocycles. The lowest BCUT2D eigenvalue weighted by atomic mass is 9.95. The fourth-order valence-corrected chi connectivity index (χ4v) is 2.80. The minimum atomic E-state index is 0.826. The van der Waals surface area contributed by atoms with Gasteiger partial charge in [-0.05, 0) is 25.8 Å². The number of likely N-dealkylation sites (N-methyl/N-ethyl adjacent to an activating group) is 1. The molecule has 2 unspecified atom stereocenters. The van der Waals surface area contributed by atoms with E-state index in [4.69, 9.17) is 0 Å². The molecule has 2 heteroatoms. The summed E-state index contributed by atoms with van der Waals surface area (Å²) >= 11 is 0. The van der Waals surface area contributed by atoms with Crippen molar-refractivity contribution in [2.24, 2.45) is 5.92 Å². The van der Waals surface area contributed by atoms with Gasteiger partial charge in [-0.15, -0.1) is 0 Å². The summed E-state index contributed by atoms with van der Waals surface area (Å²) in [7, 11) is 2.26. The molecule has 76 valence electrons. The number of hydrogen-bond acceptors (Lipinski definition) is 2. The zero-order valence-corrected chi connectivity index (χ0v) is 8.76. The fraction of sp³-hybridized carbons (Fsp3) is 1.00. The Bertz CT molecular complexity index is 158. The minimum absolute atomic E-state index is 0.826. The van der Waals surface area contributed by atoms with Crippen molar-refractivity contribution < 1.29 is 0 Å². The van der Waals surface area contributed by atoms with Gasteiger partial charge in [0.1, 0.15) is 0 Å². The smallest absolute Gasteiger partial charge is 0.0108 e. The van der Waals surface area contributed by atoms with Crippen LogP contribution in [-0.4, -0.2) is 37.6 Å². The van der Waals surface area contributed by atoms with E-state index in [-0.39, 0.29) is 0 Å². The van der Waals surface area contributed by atoms with E-state index in [0.29, 0.717) is 0 Å². The molecule has 2 atom stereocenters. The van der Waals surface area contributed by atoms with Gasteiger partial charge < -0.3 is 10.2 Å². The third-order valence-corrected chi connectivity index (χ3v) is 3.61. The van der Waals surface area contributed by atoms with Crippen LogP contribution in [0.1, 0.15) is 32.1 Å². The van der Waals surface area contributed by atoms with Gasteiger partial charge in [0.25, 0.3) is 0 Å². The van der Waals surface area contributed by atoms with E-state index in [0.717, 1.165) is 12.0 Å². The number of rotatable bonds is 0. The Balaban J connectivity index is 1.98. The van der Waals surface area contributed by atoms with Crippen LogP contribution >= 0.6 is 0 Å². The molecule has 2 fully saturated rings. The molecule has 0 aromatic carbocycles. The Morgan fingerprint density at radius 2 is 2.00 bits per heavy atom. The largest absolute Gasteiger partial charge is 0.312 e. The molecule has 2 rings (SSSR count). The maximum absolute atomic E-state index is 3.71. The molecule has 0 aromatic heterocycles. The highest BCUT2D eigenvalue weighted by Gasteiger charge is 2.26.